The first-order valence-electron chi connectivity index (χ1n) is 32.4. The number of hydrogen-bond donors (Lipinski definition) is 0. The van der Waals surface area contributed by atoms with E-state index in [9.17, 15) is 0 Å². The van der Waals surface area contributed by atoms with Gasteiger partial charge in [0.25, 0.3) is 13.4 Å². The van der Waals surface area contributed by atoms with Crippen molar-refractivity contribution < 1.29 is 0 Å². The number of nitrogens with zero attached hydrogens (tertiary/aromatic N) is 6. The molecule has 0 saturated heterocycles. The highest BCUT2D eigenvalue weighted by Crippen LogP contribution is 2.53. The molecule has 4 aliphatic rings. The minimum atomic E-state index is -0.158. The summed E-state index contributed by atoms with van der Waals surface area (Å²) in [6.07, 6.45) is 1.76. The summed E-state index contributed by atoms with van der Waals surface area (Å²) in [6.45, 7) is 8.72. The molecule has 0 spiro atoms. The van der Waals surface area contributed by atoms with Crippen molar-refractivity contribution in [3.05, 3.63) is 326 Å². The van der Waals surface area contributed by atoms with Crippen LogP contribution in [0.4, 0.5) is 102 Å². The molecule has 0 unspecified atom stereocenters. The summed E-state index contributed by atoms with van der Waals surface area (Å²) in [5, 5.41) is 0. The molecular formula is C84H66B2N6. The first-order valence-corrected chi connectivity index (χ1v) is 32.4. The van der Waals surface area contributed by atoms with Crippen molar-refractivity contribution in [3.8, 4) is 0 Å². The van der Waals surface area contributed by atoms with E-state index in [4.69, 9.17) is 0 Å². The normalized spacial score (nSPS) is 13.0. The number of fused-ring (bicyclic) bond motifs is 8. The van der Waals surface area contributed by atoms with Crippen molar-refractivity contribution in [1.82, 2.24) is 0 Å². The minimum absolute atomic E-state index is 0.158. The maximum absolute atomic E-state index is 2.64. The largest absolute Gasteiger partial charge is 0.311 e. The number of anilines is 18. The van der Waals surface area contributed by atoms with Crippen molar-refractivity contribution in [2.24, 2.45) is 0 Å². The summed E-state index contributed by atoms with van der Waals surface area (Å²) in [4.78, 5) is 15.3. The summed E-state index contributed by atoms with van der Waals surface area (Å²) >= 11 is 0. The molecule has 4 heterocycles. The number of benzene rings is 13. The van der Waals surface area contributed by atoms with Crippen LogP contribution in [0, 0.1) is 13.8 Å². The molecule has 13 aromatic rings. The van der Waals surface area contributed by atoms with Gasteiger partial charge in [0.15, 0.2) is 0 Å². The molecule has 8 heteroatoms. The van der Waals surface area contributed by atoms with E-state index in [2.05, 4.69) is 360 Å². The monoisotopic (exact) mass is 1180 g/mol. The van der Waals surface area contributed by atoms with Gasteiger partial charge < -0.3 is 29.4 Å². The van der Waals surface area contributed by atoms with E-state index < -0.39 is 0 Å². The van der Waals surface area contributed by atoms with Gasteiger partial charge in [-0.25, -0.2) is 0 Å². The van der Waals surface area contributed by atoms with Crippen molar-refractivity contribution in [3.63, 3.8) is 0 Å². The van der Waals surface area contributed by atoms with Crippen molar-refractivity contribution in [2.75, 3.05) is 29.4 Å². The Kier molecular flexibility index (Phi) is 13.4. The molecule has 13 aromatic carbocycles. The minimum Gasteiger partial charge on any atom is -0.311 e. The van der Waals surface area contributed by atoms with E-state index in [1.807, 2.05) is 0 Å². The molecular weight excluding hydrogens is 1110 g/mol. The second kappa shape index (κ2) is 22.4. The molecule has 0 amide bonds. The fourth-order valence-electron chi connectivity index (χ4n) is 15.5. The van der Waals surface area contributed by atoms with Gasteiger partial charge in [0.1, 0.15) is 0 Å². The fourth-order valence-corrected chi connectivity index (χ4v) is 15.5. The van der Waals surface area contributed by atoms with Crippen LogP contribution in [0.5, 0.6) is 0 Å². The average molecular weight is 1180 g/mol. The third kappa shape index (κ3) is 8.65. The number of aryl methyl sites for hydroxylation is 4. The van der Waals surface area contributed by atoms with Crippen LogP contribution in [0.3, 0.4) is 0 Å². The van der Waals surface area contributed by atoms with Gasteiger partial charge >= 0.3 is 0 Å². The molecule has 92 heavy (non-hydrogen) atoms. The maximum Gasteiger partial charge on any atom is 0.252 e. The molecule has 0 bridgehead atoms. The van der Waals surface area contributed by atoms with E-state index in [1.54, 1.807) is 0 Å². The van der Waals surface area contributed by atoms with Crippen LogP contribution in [0.15, 0.2) is 303 Å². The number of rotatable bonds is 12. The molecule has 4 aliphatic heterocycles. The van der Waals surface area contributed by atoms with Crippen LogP contribution in [-0.4, -0.2) is 13.4 Å². The SMILES string of the molecule is CCc1ccccc1N(c1cc2c3c(c1)N(c1ccccc1)c1cc4c(cc1B3c1ccccc1N2c1ccccc1)B1c2ccccc2N(c2ccccc2)c2cc(N(c3ccccc3C)c3ccccc3CC)cc(c21)N4c1ccccc1)c1ccccc1C. The first-order chi connectivity index (χ1) is 45.4. The Morgan fingerprint density at radius 1 is 0.261 bits per heavy atom. The summed E-state index contributed by atoms with van der Waals surface area (Å²) < 4.78 is 0. The molecule has 438 valence electrons. The van der Waals surface area contributed by atoms with Gasteiger partial charge in [0.05, 0.1) is 11.4 Å². The Labute approximate surface area is 540 Å². The fraction of sp³-hybridized carbons (Fsp3) is 0.0714. The van der Waals surface area contributed by atoms with Gasteiger partial charge in [-0.05, 0) is 197 Å². The lowest BCUT2D eigenvalue weighted by atomic mass is 9.30. The average Bonchev–Trinajstić information content (AvgIpc) is 0.694. The third-order valence-electron chi connectivity index (χ3n) is 19.6. The predicted molar refractivity (Wildman–Crippen MR) is 392 cm³/mol. The predicted octanol–water partition coefficient (Wildman–Crippen LogP) is 18.5. The smallest absolute Gasteiger partial charge is 0.252 e. The quantitative estimate of drug-likeness (QED) is 0.113. The Balaban J connectivity index is 1.00. The maximum atomic E-state index is 2.64. The summed E-state index contributed by atoms with van der Waals surface area (Å²) in [6, 6.07) is 114. The van der Waals surface area contributed by atoms with Crippen LogP contribution >= 0.6 is 0 Å². The molecule has 0 aliphatic carbocycles. The van der Waals surface area contributed by atoms with E-state index in [1.165, 1.54) is 77.8 Å². The molecule has 17 rings (SSSR count). The van der Waals surface area contributed by atoms with Crippen molar-refractivity contribution in [2.45, 2.75) is 40.5 Å². The van der Waals surface area contributed by atoms with Crippen LogP contribution in [0.1, 0.15) is 36.1 Å². The Hall–Kier alpha value is -11.2. The van der Waals surface area contributed by atoms with Gasteiger partial charge in [-0.15, -0.1) is 0 Å². The lowest BCUT2D eigenvalue weighted by Gasteiger charge is -2.48. The van der Waals surface area contributed by atoms with Crippen LogP contribution in [0.2, 0.25) is 0 Å². The first kappa shape index (κ1) is 54.9. The Morgan fingerprint density at radius 3 is 0.902 bits per heavy atom. The van der Waals surface area contributed by atoms with E-state index in [-0.39, 0.29) is 13.4 Å². The van der Waals surface area contributed by atoms with Crippen LogP contribution in [0.25, 0.3) is 0 Å². The second-order valence-corrected chi connectivity index (χ2v) is 24.6. The van der Waals surface area contributed by atoms with Gasteiger partial charge in [0, 0.05) is 91.0 Å². The lowest BCUT2D eigenvalue weighted by molar-refractivity contribution is 1.11. The molecule has 0 aromatic heterocycles. The Bertz CT molecular complexity index is 4690. The molecule has 0 atom stereocenters. The summed E-state index contributed by atoms with van der Waals surface area (Å²) in [7, 11) is 0. The third-order valence-corrected chi connectivity index (χ3v) is 19.6. The van der Waals surface area contributed by atoms with Gasteiger partial charge in [-0.1, -0.05) is 202 Å². The molecule has 0 fully saturated rings. The molecule has 0 saturated carbocycles. The van der Waals surface area contributed by atoms with E-state index >= 15 is 0 Å². The van der Waals surface area contributed by atoms with E-state index in [0.29, 0.717) is 0 Å². The zero-order chi connectivity index (χ0) is 61.6. The van der Waals surface area contributed by atoms with E-state index in [0.717, 1.165) is 92.5 Å². The summed E-state index contributed by atoms with van der Waals surface area (Å²) in [5.41, 5.74) is 33.0. The van der Waals surface area contributed by atoms with Crippen molar-refractivity contribution in [1.29, 1.82) is 0 Å². The highest BCUT2D eigenvalue weighted by Gasteiger charge is 2.49. The highest BCUT2D eigenvalue weighted by atomic mass is 15.2. The topological polar surface area (TPSA) is 19.4 Å². The molecule has 0 N–H and O–H groups in total. The highest BCUT2D eigenvalue weighted by molar-refractivity contribution is 7.03. The second-order valence-electron chi connectivity index (χ2n) is 24.6. The molecule has 6 nitrogen and oxygen atoms in total. The number of para-hydroxylation sites is 10. The van der Waals surface area contributed by atoms with Gasteiger partial charge in [-0.2, -0.15) is 0 Å². The van der Waals surface area contributed by atoms with Crippen LogP contribution < -0.4 is 62.2 Å². The number of hydrogen-bond acceptors (Lipinski definition) is 6. The van der Waals surface area contributed by atoms with Crippen LogP contribution in [-0.2, 0) is 12.8 Å². The zero-order valence-corrected chi connectivity index (χ0v) is 52.1. The van der Waals surface area contributed by atoms with Gasteiger partial charge in [-0.3, -0.25) is 0 Å². The Morgan fingerprint density at radius 2 is 0.554 bits per heavy atom. The molecule has 0 radical (unpaired) electrons. The standard InChI is InChI=1S/C84H66B2N6/c1-5-59-33-21-27-47-73(59)91(71-45-25-19-31-57(71)3)65-51-79-83-81(53-65)89(63-39-15-9-16-40-63)77-56-78-70(55-69(77)85(83)67-43-23-29-49-75(67)87(79)61-35-11-7-12-36-61)86-68-44-24-30-50-76(68)88(62-37-13-8-14-38-62)80-52-66(54-82(84(80)86)90(78)64-41-17-10-18-42-64)92(72-46-26-20-32-58(72)4)74-48-28-22-34-60(74)6-2/h7-56H,5-6H2,1-4H3. The summed E-state index contributed by atoms with van der Waals surface area (Å²) in [5.74, 6) is 0. The zero-order valence-electron chi connectivity index (χ0n) is 52.1. The van der Waals surface area contributed by atoms with Crippen molar-refractivity contribution >= 4 is 149 Å². The lowest BCUT2D eigenvalue weighted by Crippen LogP contribution is -2.65. The van der Waals surface area contributed by atoms with Gasteiger partial charge in [0.2, 0.25) is 0 Å².